The van der Waals surface area contributed by atoms with Crippen LogP contribution in [0.2, 0.25) is 0 Å². The number of fused-ring (bicyclic) bond motifs is 3. The Morgan fingerprint density at radius 2 is 1.66 bits per heavy atom. The van der Waals surface area contributed by atoms with Gasteiger partial charge in [0.1, 0.15) is 11.5 Å². The third kappa shape index (κ3) is 4.23. The molecule has 0 aliphatic carbocycles. The second kappa shape index (κ2) is 9.02. The predicted molar refractivity (Wildman–Crippen MR) is 130 cm³/mol. The fourth-order valence-corrected chi connectivity index (χ4v) is 4.29. The van der Waals surface area contributed by atoms with E-state index in [2.05, 4.69) is 15.6 Å². The molecule has 3 aromatic rings. The van der Waals surface area contributed by atoms with Crippen LogP contribution in [0.3, 0.4) is 0 Å². The van der Waals surface area contributed by atoms with Crippen LogP contribution < -0.4 is 20.1 Å². The molecule has 0 atom stereocenters. The molecule has 4 heterocycles. The number of anilines is 2. The topological polar surface area (TPSA) is 119 Å². The number of H-pyrrole nitrogens is 1. The van der Waals surface area contributed by atoms with E-state index in [4.69, 9.17) is 14.2 Å². The standard InChI is InChI=1S/C17H14N2O4.C9H9NO2/c1-22-9-2-3-14-11(6-9)12(16(20)19-14)7-15-10-4-5-23-17(21)13(10)8-18-15;1-12-7-2-3-8-6(4-7)5-9(11)10-8/h2-3,6-8,18H,4-5H2,1H3,(H,19,20);2-4H,5H2,1H3,(H,10,11). The number of benzene rings is 2. The van der Waals surface area contributed by atoms with Gasteiger partial charge < -0.3 is 29.8 Å². The summed E-state index contributed by atoms with van der Waals surface area (Å²) in [6.07, 6.45) is 4.50. The van der Waals surface area contributed by atoms with E-state index in [1.807, 2.05) is 30.3 Å². The molecular weight excluding hydrogens is 450 g/mol. The largest absolute Gasteiger partial charge is 0.497 e. The smallest absolute Gasteiger partial charge is 0.339 e. The summed E-state index contributed by atoms with van der Waals surface area (Å²) < 4.78 is 15.3. The number of esters is 1. The molecular formula is C26H23N3O6. The van der Waals surface area contributed by atoms with E-state index >= 15 is 0 Å². The van der Waals surface area contributed by atoms with E-state index in [1.165, 1.54) is 0 Å². The monoisotopic (exact) mass is 473 g/mol. The first kappa shape index (κ1) is 22.3. The summed E-state index contributed by atoms with van der Waals surface area (Å²) in [5.41, 5.74) is 6.18. The molecule has 9 heteroatoms. The third-order valence-corrected chi connectivity index (χ3v) is 6.06. The molecule has 0 bridgehead atoms. The Balaban J connectivity index is 0.000000178. The summed E-state index contributed by atoms with van der Waals surface area (Å²) >= 11 is 0. The van der Waals surface area contributed by atoms with Crippen LogP contribution in [-0.2, 0) is 27.2 Å². The molecule has 3 aliphatic rings. The van der Waals surface area contributed by atoms with Crippen molar-refractivity contribution in [3.63, 3.8) is 0 Å². The van der Waals surface area contributed by atoms with Crippen LogP contribution in [0.4, 0.5) is 11.4 Å². The highest BCUT2D eigenvalue weighted by atomic mass is 16.5. The maximum atomic E-state index is 12.3. The molecule has 3 N–H and O–H groups in total. The fraction of sp³-hybridized carbons (Fsp3) is 0.192. The fourth-order valence-electron chi connectivity index (χ4n) is 4.29. The summed E-state index contributed by atoms with van der Waals surface area (Å²) in [7, 11) is 3.20. The van der Waals surface area contributed by atoms with Crippen molar-refractivity contribution in [2.75, 3.05) is 31.5 Å². The third-order valence-electron chi connectivity index (χ3n) is 6.06. The summed E-state index contributed by atoms with van der Waals surface area (Å²) in [6, 6.07) is 11.0. The number of aromatic amines is 1. The lowest BCUT2D eigenvalue weighted by Gasteiger charge is -2.12. The first-order valence-electron chi connectivity index (χ1n) is 11.0. The van der Waals surface area contributed by atoms with Crippen molar-refractivity contribution < 1.29 is 28.6 Å². The zero-order valence-electron chi connectivity index (χ0n) is 19.2. The van der Waals surface area contributed by atoms with Crippen molar-refractivity contribution in [1.29, 1.82) is 0 Å². The zero-order chi connectivity index (χ0) is 24.5. The zero-order valence-corrected chi connectivity index (χ0v) is 19.2. The average Bonchev–Trinajstić information content (AvgIpc) is 3.54. The molecule has 2 amide bonds. The molecule has 178 valence electrons. The highest BCUT2D eigenvalue weighted by molar-refractivity contribution is 6.35. The summed E-state index contributed by atoms with van der Waals surface area (Å²) in [5.74, 6) is 1.03. The minimum absolute atomic E-state index is 0.0539. The van der Waals surface area contributed by atoms with Gasteiger partial charge in [-0.3, -0.25) is 9.59 Å². The molecule has 0 fully saturated rings. The van der Waals surface area contributed by atoms with Crippen molar-refractivity contribution in [3.8, 4) is 11.5 Å². The Hall–Kier alpha value is -4.53. The molecule has 35 heavy (non-hydrogen) atoms. The first-order valence-corrected chi connectivity index (χ1v) is 11.0. The lowest BCUT2D eigenvalue weighted by molar-refractivity contribution is -0.115. The molecule has 6 rings (SSSR count). The predicted octanol–water partition coefficient (Wildman–Crippen LogP) is 3.42. The van der Waals surface area contributed by atoms with E-state index in [0.717, 1.165) is 39.5 Å². The van der Waals surface area contributed by atoms with Gasteiger partial charge in [0.05, 0.1) is 38.4 Å². The molecule has 1 aromatic heterocycles. The van der Waals surface area contributed by atoms with Crippen LogP contribution in [0, 0.1) is 0 Å². The minimum Gasteiger partial charge on any atom is -0.497 e. The number of rotatable bonds is 3. The van der Waals surface area contributed by atoms with Crippen molar-refractivity contribution in [3.05, 3.63) is 70.5 Å². The van der Waals surface area contributed by atoms with E-state index in [1.54, 1.807) is 32.6 Å². The van der Waals surface area contributed by atoms with E-state index < -0.39 is 0 Å². The Kier molecular flexibility index (Phi) is 5.74. The number of hydrogen-bond acceptors (Lipinski definition) is 6. The van der Waals surface area contributed by atoms with Gasteiger partial charge in [-0.05, 0) is 53.6 Å². The second-order valence-electron chi connectivity index (χ2n) is 8.15. The molecule has 0 saturated heterocycles. The Labute approximate surface area is 201 Å². The Morgan fingerprint density at radius 1 is 0.914 bits per heavy atom. The van der Waals surface area contributed by atoms with Gasteiger partial charge in [-0.15, -0.1) is 0 Å². The molecule has 9 nitrogen and oxygen atoms in total. The Morgan fingerprint density at radius 3 is 2.43 bits per heavy atom. The number of amides is 2. The number of aromatic nitrogens is 1. The number of methoxy groups -OCH3 is 2. The molecule has 0 radical (unpaired) electrons. The number of cyclic esters (lactones) is 1. The van der Waals surface area contributed by atoms with Crippen LogP contribution >= 0.6 is 0 Å². The second-order valence-corrected chi connectivity index (χ2v) is 8.15. The molecule has 0 spiro atoms. The Bertz CT molecular complexity index is 1390. The summed E-state index contributed by atoms with van der Waals surface area (Å²) in [4.78, 5) is 38.0. The lowest BCUT2D eigenvalue weighted by Crippen LogP contribution is -2.16. The highest BCUT2D eigenvalue weighted by Crippen LogP contribution is 2.36. The van der Waals surface area contributed by atoms with Crippen molar-refractivity contribution in [1.82, 2.24) is 4.98 Å². The van der Waals surface area contributed by atoms with Gasteiger partial charge in [0.25, 0.3) is 5.91 Å². The van der Waals surface area contributed by atoms with Crippen LogP contribution in [0.5, 0.6) is 11.5 Å². The quantitative estimate of drug-likeness (QED) is 0.396. The maximum absolute atomic E-state index is 12.3. The van der Waals surface area contributed by atoms with E-state index in [-0.39, 0.29) is 17.8 Å². The van der Waals surface area contributed by atoms with Gasteiger partial charge in [-0.25, -0.2) is 4.79 Å². The molecule has 0 saturated carbocycles. The van der Waals surface area contributed by atoms with Crippen LogP contribution in [-0.4, -0.2) is 43.6 Å². The minimum atomic E-state index is -0.329. The highest BCUT2D eigenvalue weighted by Gasteiger charge is 2.27. The molecule has 2 aromatic carbocycles. The van der Waals surface area contributed by atoms with Crippen LogP contribution in [0.25, 0.3) is 11.6 Å². The number of carbonyl (C=O) groups excluding carboxylic acids is 3. The van der Waals surface area contributed by atoms with Crippen molar-refractivity contribution >= 4 is 40.8 Å². The number of carbonyl (C=O) groups is 3. The molecule has 0 unspecified atom stereocenters. The van der Waals surface area contributed by atoms with Gasteiger partial charge in [-0.2, -0.15) is 0 Å². The summed E-state index contributed by atoms with van der Waals surface area (Å²) in [6.45, 7) is 0.358. The van der Waals surface area contributed by atoms with Gasteiger partial charge >= 0.3 is 5.97 Å². The maximum Gasteiger partial charge on any atom is 0.339 e. The lowest BCUT2D eigenvalue weighted by atomic mass is 10.0. The van der Waals surface area contributed by atoms with Gasteiger partial charge in [-0.1, -0.05) is 0 Å². The van der Waals surface area contributed by atoms with Crippen molar-refractivity contribution in [2.24, 2.45) is 0 Å². The summed E-state index contributed by atoms with van der Waals surface area (Å²) in [5, 5.41) is 5.59. The van der Waals surface area contributed by atoms with Crippen LogP contribution in [0.1, 0.15) is 32.7 Å². The number of hydrogen-bond donors (Lipinski definition) is 3. The first-order chi connectivity index (χ1) is 17.0. The van der Waals surface area contributed by atoms with E-state index in [9.17, 15) is 14.4 Å². The van der Waals surface area contributed by atoms with Gasteiger partial charge in [0.2, 0.25) is 5.91 Å². The van der Waals surface area contributed by atoms with Crippen LogP contribution in [0.15, 0.2) is 42.6 Å². The van der Waals surface area contributed by atoms with Gasteiger partial charge in [0.15, 0.2) is 0 Å². The van der Waals surface area contributed by atoms with Gasteiger partial charge in [0, 0.05) is 35.2 Å². The average molecular weight is 473 g/mol. The van der Waals surface area contributed by atoms with E-state index in [0.29, 0.717) is 36.3 Å². The number of ether oxygens (including phenoxy) is 3. The van der Waals surface area contributed by atoms with Crippen molar-refractivity contribution in [2.45, 2.75) is 12.8 Å². The molecule has 3 aliphatic heterocycles. The number of nitrogens with one attached hydrogen (secondary N) is 3. The normalized spacial score (nSPS) is 16.3. The SMILES string of the molecule is COc1ccc2c(c1)C(=Cc1[nH]cc3c1CCOC3=O)C(=O)N2.COc1ccc2c(c1)CC(=O)N2.